The van der Waals surface area contributed by atoms with Crippen LogP contribution in [0.3, 0.4) is 0 Å². The second-order valence-corrected chi connectivity index (χ2v) is 48.5. The Hall–Kier alpha value is -9.48. The topological polar surface area (TPSA) is 305 Å². The number of sulfonamides is 2. The number of likely N-dealkylation sites (tertiary alicyclic amines) is 1. The molecule has 25 nitrogen and oxygen atoms in total. The normalized spacial score (nSPS) is 20.6. The van der Waals surface area contributed by atoms with Crippen molar-refractivity contribution in [2.45, 2.75) is 314 Å². The standard InChI is InChI=1S/C38H50N2O10S2.C37H54N2O4S.C35H41F3N2O5S/c1-24(2)18-40(52(42,43)30-11-12-32-33(17-30)48-23-47-32)19-34(50-38(4,5)6)27(16-36(41)49-35-21-46-37-31(35)13-14-44-37)15-26-7-9-29(10-8-26)45-20-28-22-51-25(3)39-28;1-25-29(18-13-19-34(25)43-37(5,6)7)35(42)38-30(24-44-28-16-9-8-10-17-28)33(41)23-39-22-27-15-12-11-14-26(27)20-31(39)32(40)21-36(2,3)4;1-6-19-34(20-18-24-12-9-8-10-13-24)22-29(44-33(3,4)5)31(32(41)45-34)28(7-2)25-14-11-15-27(21-25)40-46(42,43)30-17-16-26(23-39-30)35(36,37)38/h7-12,17,22,24,27,31,34-35,37H,13-16,18-21,23H2,1-6H3;8-10,13,16-19,26-27,30-31,33,41H,11-12,14-15,20-24H2,1-7H3,(H,38,42);8-17,21,23,28,40H,6-7,18-20,22H2,1-5H3/t27-,31+,34-,35+,37-;26-,27+,30-,31-,33+;28-,34-/m101/s1. The van der Waals surface area contributed by atoms with Gasteiger partial charge in [-0.15, -0.1) is 23.1 Å². The van der Waals surface area contributed by atoms with Gasteiger partial charge < -0.3 is 57.8 Å². The number of nitrogens with one attached hydrogen (secondary N) is 2. The molecule has 1 aliphatic carbocycles. The molecule has 14 rings (SSSR count). The van der Waals surface area contributed by atoms with Crippen molar-refractivity contribution in [1.82, 2.24) is 24.5 Å². The average molecular weight is 2040 g/mol. The molecule has 8 aromatic rings. The number of benzene rings is 6. The van der Waals surface area contributed by atoms with E-state index >= 15 is 0 Å². The number of β-amino-alcohol motifs (C(OH)–C–C–N with tert-alkyl or cyclic N) is 1. The summed E-state index contributed by atoms with van der Waals surface area (Å²) < 4.78 is 157. The first kappa shape index (κ1) is 111. The van der Waals surface area contributed by atoms with Crippen molar-refractivity contribution >= 4 is 72.5 Å². The number of thioether (sulfide) groups is 1. The van der Waals surface area contributed by atoms with Crippen LogP contribution in [0.5, 0.6) is 23.0 Å². The van der Waals surface area contributed by atoms with Crippen molar-refractivity contribution in [2.24, 2.45) is 35.0 Å². The van der Waals surface area contributed by atoms with Gasteiger partial charge in [0, 0.05) is 96.0 Å². The molecule has 12 atom stereocenters. The van der Waals surface area contributed by atoms with Crippen molar-refractivity contribution in [2.75, 3.05) is 56.7 Å². The highest BCUT2D eigenvalue weighted by molar-refractivity contribution is 7.99. The molecule has 32 heteroatoms. The number of ether oxygens (including phenoxy) is 10. The fraction of sp³-hybridized carbons (Fsp3) is 0.545. The first-order valence-corrected chi connectivity index (χ1v) is 54.5. The van der Waals surface area contributed by atoms with Gasteiger partial charge in [-0.25, -0.2) is 23.2 Å². The van der Waals surface area contributed by atoms with E-state index in [0.717, 1.165) is 70.6 Å². The van der Waals surface area contributed by atoms with Crippen molar-refractivity contribution in [3.63, 3.8) is 0 Å². The van der Waals surface area contributed by atoms with Crippen molar-refractivity contribution in [1.29, 1.82) is 0 Å². The molecule has 0 spiro atoms. The maximum Gasteiger partial charge on any atom is 0.417 e. The van der Waals surface area contributed by atoms with Crippen LogP contribution in [0.1, 0.15) is 249 Å². The smallest absolute Gasteiger partial charge is 0.417 e. The first-order chi connectivity index (χ1) is 67.0. The number of thiazole rings is 1. The summed E-state index contributed by atoms with van der Waals surface area (Å²) in [6.07, 6.45) is 4.79. The van der Waals surface area contributed by atoms with E-state index in [1.165, 1.54) is 48.2 Å². The third kappa shape index (κ3) is 32.0. The zero-order valence-electron chi connectivity index (χ0n) is 85.4. The first-order valence-electron chi connectivity index (χ1n) is 49.7. The number of Topliss-reactive ketones (excluding diaryl/α,β-unsaturated/α-hetero) is 1. The minimum atomic E-state index is -4.64. The minimum Gasteiger partial charge on any atom is -0.492 e. The van der Waals surface area contributed by atoms with Crippen LogP contribution < -0.4 is 29.0 Å². The Kier molecular flexibility index (Phi) is 38.2. The van der Waals surface area contributed by atoms with Gasteiger partial charge in [-0.3, -0.25) is 24.0 Å². The average Bonchev–Trinajstić information content (AvgIpc) is 0.793. The molecule has 2 aromatic heterocycles. The van der Waals surface area contributed by atoms with E-state index in [-0.39, 0.29) is 90.7 Å². The summed E-state index contributed by atoms with van der Waals surface area (Å²) >= 11 is 3.20. The predicted molar refractivity (Wildman–Crippen MR) is 545 cm³/mol. The molecular formula is C110H145F3N6O19S4. The van der Waals surface area contributed by atoms with Gasteiger partial charge in [0.15, 0.2) is 22.8 Å². The molecule has 6 aliphatic rings. The third-order valence-electron chi connectivity index (χ3n) is 25.8. The minimum absolute atomic E-state index is 0.00172. The number of aromatic nitrogens is 2. The number of halogens is 3. The number of ketones is 1. The van der Waals surface area contributed by atoms with Crippen LogP contribution >= 0.6 is 23.1 Å². The Morgan fingerprint density at radius 1 is 0.754 bits per heavy atom. The summed E-state index contributed by atoms with van der Waals surface area (Å²) in [4.78, 5) is 66.6. The number of pyridine rings is 1. The number of amides is 1. The molecule has 774 valence electrons. The number of rotatable bonds is 39. The molecule has 3 N–H and O–H groups in total. The summed E-state index contributed by atoms with van der Waals surface area (Å²) in [5, 5.41) is 17.4. The van der Waals surface area contributed by atoms with Gasteiger partial charge in [-0.05, 0) is 240 Å². The Balaban J connectivity index is 0.000000191. The van der Waals surface area contributed by atoms with Gasteiger partial charge in [0.05, 0.1) is 82.2 Å². The number of fused-ring (bicyclic) bond motifs is 3. The largest absolute Gasteiger partial charge is 0.492 e. The number of esters is 2. The van der Waals surface area contributed by atoms with Crippen molar-refractivity contribution in [3.8, 4) is 23.0 Å². The molecule has 3 saturated heterocycles. The number of hydrogen-bond donors (Lipinski definition) is 3. The lowest BCUT2D eigenvalue weighted by Gasteiger charge is -2.47. The molecule has 7 heterocycles. The van der Waals surface area contributed by atoms with Gasteiger partial charge >= 0.3 is 18.1 Å². The second-order valence-electron chi connectivity index (χ2n) is 42.8. The molecule has 1 saturated carbocycles. The number of nitrogens with zero attached hydrogens (tertiary/aromatic N) is 4. The fourth-order valence-corrected chi connectivity index (χ4v) is 23.6. The lowest BCUT2D eigenvalue weighted by Crippen LogP contribution is -2.57. The van der Waals surface area contributed by atoms with E-state index in [1.54, 1.807) is 47.4 Å². The number of alkyl halides is 3. The van der Waals surface area contributed by atoms with Gasteiger partial charge in [-0.1, -0.05) is 153 Å². The highest BCUT2D eigenvalue weighted by Crippen LogP contribution is 2.47. The van der Waals surface area contributed by atoms with E-state index in [0.29, 0.717) is 134 Å². The van der Waals surface area contributed by atoms with Gasteiger partial charge in [-0.2, -0.15) is 25.9 Å². The summed E-state index contributed by atoms with van der Waals surface area (Å²) in [7, 11) is -8.32. The maximum atomic E-state index is 14.3. The Morgan fingerprint density at radius 3 is 2.10 bits per heavy atom. The number of anilines is 1. The molecule has 0 bridgehead atoms. The zero-order chi connectivity index (χ0) is 103. The van der Waals surface area contributed by atoms with Crippen LogP contribution in [0, 0.1) is 48.9 Å². The van der Waals surface area contributed by atoms with Crippen LogP contribution in [-0.2, 0) is 88.5 Å². The van der Waals surface area contributed by atoms with Gasteiger partial charge in [0.2, 0.25) is 16.8 Å². The summed E-state index contributed by atoms with van der Waals surface area (Å²) in [5.41, 5.74) is 1.97. The van der Waals surface area contributed by atoms with Crippen LogP contribution in [0.2, 0.25) is 0 Å². The lowest BCUT2D eigenvalue weighted by molar-refractivity contribution is -0.163. The van der Waals surface area contributed by atoms with Crippen LogP contribution in [-0.4, -0.2) is 176 Å². The van der Waals surface area contributed by atoms with E-state index in [1.807, 2.05) is 193 Å². The van der Waals surface area contributed by atoms with E-state index in [9.17, 15) is 54.3 Å². The molecule has 6 aromatic carbocycles. The number of carbonyl (C=O) groups excluding carboxylic acids is 4. The Bertz CT molecular complexity index is 5790. The zero-order valence-corrected chi connectivity index (χ0v) is 88.7. The van der Waals surface area contributed by atoms with Crippen LogP contribution in [0.25, 0.3) is 0 Å². The molecule has 142 heavy (non-hydrogen) atoms. The SMILES string of the molecule is CCC[C@@]1(CCc2ccccc2)CC(OC(C)(C)C)=C([C@H](CC)c2cccc(NS(=O)(=O)c3ccc(C(F)(F)F)cn3)c2)C(=O)O1.Cc1c(OC(C)(C)C)cccc1C(=O)N[C@@H](CSc1ccccc1)[C@H](O)CN1C[C@H]2CCCC[C@H]2C[C@H]1C(=O)CC(C)(C)C.Cc1nc(COc2ccc(C[C@H](CC(=O)O[C@H]3CO[C@H]4OCC[C@H]43)[C@@H](CN(CC(C)C)S(=O)(=O)c3ccc4c(c3)OCO4)OC(C)(C)C)cc2)cs1. The summed E-state index contributed by atoms with van der Waals surface area (Å²) in [5.74, 6) is 2.76. The number of cyclic esters (lactones) is 1. The quantitative estimate of drug-likeness (QED) is 0.0238. The molecule has 0 unspecified atom stereocenters. The van der Waals surface area contributed by atoms with E-state index in [2.05, 4.69) is 64.7 Å². The maximum absolute atomic E-state index is 14.3. The van der Waals surface area contributed by atoms with Crippen LogP contribution in [0.4, 0.5) is 18.9 Å². The van der Waals surface area contributed by atoms with Gasteiger partial charge in [0.1, 0.15) is 52.6 Å². The highest BCUT2D eigenvalue weighted by atomic mass is 32.2. The lowest BCUT2D eigenvalue weighted by atomic mass is 9.71. The van der Waals surface area contributed by atoms with Crippen LogP contribution in [0.15, 0.2) is 195 Å². The Labute approximate surface area is 846 Å². The van der Waals surface area contributed by atoms with E-state index in [4.69, 9.17) is 47.4 Å². The predicted octanol–water partition coefficient (Wildman–Crippen LogP) is 22.0. The second kappa shape index (κ2) is 48.7. The third-order valence-corrected chi connectivity index (χ3v) is 30.9. The number of piperidine rings is 1. The number of aryl methyl sites for hydroxylation is 2. The molecule has 4 fully saturated rings. The summed E-state index contributed by atoms with van der Waals surface area (Å²) in [6.45, 7) is 38.4. The van der Waals surface area contributed by atoms with E-state index < -0.39 is 101 Å². The Morgan fingerprint density at radius 2 is 1.45 bits per heavy atom. The number of carbonyl (C=O) groups is 4. The molecule has 0 radical (unpaired) electrons. The molecular weight excluding hydrogens is 1890 g/mol. The number of aliphatic hydroxyl groups excluding tert-OH is 1. The highest BCUT2D eigenvalue weighted by Gasteiger charge is 2.49. The fourth-order valence-electron chi connectivity index (χ4n) is 19.3. The number of aliphatic hydroxyl groups is 1. The van der Waals surface area contributed by atoms with Crippen molar-refractivity contribution < 1.29 is 102 Å². The van der Waals surface area contributed by atoms with Crippen molar-refractivity contribution in [3.05, 3.63) is 225 Å². The molecule has 5 aliphatic heterocycles. The monoisotopic (exact) mass is 2040 g/mol. The summed E-state index contributed by atoms with van der Waals surface area (Å²) in [6, 6.07) is 45.4. The van der Waals surface area contributed by atoms with Gasteiger partial charge in [0.25, 0.3) is 15.9 Å². The molecule has 1 amide bonds. The number of hydrogen-bond acceptors (Lipinski definition) is 24.